The van der Waals surface area contributed by atoms with Crippen LogP contribution in [0.4, 0.5) is 0 Å². The van der Waals surface area contributed by atoms with Gasteiger partial charge in [0.15, 0.2) is 0 Å². The molecule has 3 heteroatoms. The maximum Gasteiger partial charge on any atom is 0.119 e. The van der Waals surface area contributed by atoms with Gasteiger partial charge in [-0.2, -0.15) is 0 Å². The first kappa shape index (κ1) is 15.5. The van der Waals surface area contributed by atoms with E-state index in [1.807, 2.05) is 18.2 Å². The molecule has 2 unspecified atom stereocenters. The molecule has 3 aliphatic rings. The summed E-state index contributed by atoms with van der Waals surface area (Å²) in [5.74, 6) is 1.93. The Bertz CT molecular complexity index is 486. The lowest BCUT2D eigenvalue weighted by Gasteiger charge is -2.41. The number of hydrogen-bond donors (Lipinski definition) is 0. The quantitative estimate of drug-likeness (QED) is 0.828. The van der Waals surface area contributed by atoms with Crippen LogP contribution in [0.1, 0.15) is 38.5 Å². The van der Waals surface area contributed by atoms with Crippen LogP contribution in [0.3, 0.4) is 0 Å². The minimum atomic E-state index is 0.781. The van der Waals surface area contributed by atoms with E-state index in [1.165, 1.54) is 58.2 Å². The standard InChI is InChI=1S/C20H30N2O/c1-2-8-19(9-3-1)23-15-14-21-12-10-17-11-13-22(16-20(17)21)18-6-4-5-7-18/h1-3,8-9,17-18,20H,4-7,10-16H2. The van der Waals surface area contributed by atoms with Gasteiger partial charge in [0.1, 0.15) is 12.4 Å². The number of piperidine rings is 1. The van der Waals surface area contributed by atoms with Gasteiger partial charge in [0.2, 0.25) is 0 Å². The fraction of sp³-hybridized carbons (Fsp3) is 0.700. The molecule has 2 saturated heterocycles. The highest BCUT2D eigenvalue weighted by molar-refractivity contribution is 5.20. The first-order valence-electron chi connectivity index (χ1n) is 9.56. The van der Waals surface area contributed by atoms with Crippen molar-refractivity contribution in [3.8, 4) is 5.75 Å². The normalized spacial score (nSPS) is 29.7. The molecule has 3 fully saturated rings. The Hall–Kier alpha value is -1.06. The second-order valence-corrected chi connectivity index (χ2v) is 7.54. The van der Waals surface area contributed by atoms with Crippen LogP contribution in [0.5, 0.6) is 5.75 Å². The first-order chi connectivity index (χ1) is 11.4. The number of fused-ring (bicyclic) bond motifs is 1. The van der Waals surface area contributed by atoms with Crippen molar-refractivity contribution in [1.82, 2.24) is 9.80 Å². The van der Waals surface area contributed by atoms with Crippen molar-refractivity contribution in [3.05, 3.63) is 30.3 Å². The molecule has 3 nitrogen and oxygen atoms in total. The van der Waals surface area contributed by atoms with Crippen LogP contribution in [0.15, 0.2) is 30.3 Å². The molecule has 2 aliphatic heterocycles. The predicted octanol–water partition coefficient (Wildman–Crippen LogP) is 3.40. The molecular weight excluding hydrogens is 284 g/mol. The molecule has 23 heavy (non-hydrogen) atoms. The van der Waals surface area contributed by atoms with E-state index in [9.17, 15) is 0 Å². The van der Waals surface area contributed by atoms with Crippen molar-refractivity contribution in [2.45, 2.75) is 50.6 Å². The monoisotopic (exact) mass is 314 g/mol. The molecule has 1 aromatic carbocycles. The van der Waals surface area contributed by atoms with Gasteiger partial charge in [-0.15, -0.1) is 0 Å². The van der Waals surface area contributed by atoms with Crippen molar-refractivity contribution >= 4 is 0 Å². The Labute approximate surface area is 140 Å². The lowest BCUT2D eigenvalue weighted by atomic mass is 9.91. The lowest BCUT2D eigenvalue weighted by molar-refractivity contribution is 0.0691. The molecule has 0 bridgehead atoms. The van der Waals surface area contributed by atoms with Crippen LogP contribution >= 0.6 is 0 Å². The highest BCUT2D eigenvalue weighted by Crippen LogP contribution is 2.34. The fourth-order valence-electron chi connectivity index (χ4n) is 4.93. The van der Waals surface area contributed by atoms with E-state index in [-0.39, 0.29) is 0 Å². The molecule has 0 N–H and O–H groups in total. The largest absolute Gasteiger partial charge is 0.492 e. The molecule has 1 aromatic rings. The Balaban J connectivity index is 1.29. The molecule has 2 atom stereocenters. The smallest absolute Gasteiger partial charge is 0.119 e. The summed E-state index contributed by atoms with van der Waals surface area (Å²) in [6.07, 6.45) is 8.59. The maximum atomic E-state index is 5.92. The summed E-state index contributed by atoms with van der Waals surface area (Å²) in [7, 11) is 0. The van der Waals surface area contributed by atoms with E-state index in [4.69, 9.17) is 4.74 Å². The summed E-state index contributed by atoms with van der Waals surface area (Å²) >= 11 is 0. The Kier molecular flexibility index (Phi) is 4.86. The van der Waals surface area contributed by atoms with E-state index in [0.29, 0.717) is 0 Å². The predicted molar refractivity (Wildman–Crippen MR) is 93.9 cm³/mol. The SMILES string of the molecule is c1ccc(OCCN2CCC3CCN(C4CCCC4)CC32)cc1. The third kappa shape index (κ3) is 3.56. The zero-order valence-corrected chi connectivity index (χ0v) is 14.2. The molecule has 0 spiro atoms. The Morgan fingerprint density at radius 2 is 1.74 bits per heavy atom. The zero-order chi connectivity index (χ0) is 15.5. The highest BCUT2D eigenvalue weighted by atomic mass is 16.5. The number of benzene rings is 1. The van der Waals surface area contributed by atoms with Gasteiger partial charge in [-0.05, 0) is 56.8 Å². The average Bonchev–Trinajstić information content (AvgIpc) is 3.25. The minimum Gasteiger partial charge on any atom is -0.492 e. The van der Waals surface area contributed by atoms with E-state index in [1.54, 1.807) is 0 Å². The molecular formula is C20H30N2O. The van der Waals surface area contributed by atoms with Crippen molar-refractivity contribution in [2.75, 3.05) is 32.8 Å². The molecule has 0 radical (unpaired) electrons. The summed E-state index contributed by atoms with van der Waals surface area (Å²) in [5, 5.41) is 0. The van der Waals surface area contributed by atoms with Crippen LogP contribution in [0.2, 0.25) is 0 Å². The van der Waals surface area contributed by atoms with Gasteiger partial charge < -0.3 is 4.74 Å². The summed E-state index contributed by atoms with van der Waals surface area (Å²) in [4.78, 5) is 5.51. The molecule has 2 heterocycles. The second-order valence-electron chi connectivity index (χ2n) is 7.54. The summed E-state index contributed by atoms with van der Waals surface area (Å²) in [6.45, 7) is 5.82. The van der Waals surface area contributed by atoms with Crippen LogP contribution in [-0.4, -0.2) is 54.7 Å². The minimum absolute atomic E-state index is 0.781. The van der Waals surface area contributed by atoms with Gasteiger partial charge in [0.25, 0.3) is 0 Å². The summed E-state index contributed by atoms with van der Waals surface area (Å²) in [6, 6.07) is 11.9. The lowest BCUT2D eigenvalue weighted by Crippen LogP contribution is -2.51. The van der Waals surface area contributed by atoms with Crippen LogP contribution in [-0.2, 0) is 0 Å². The van der Waals surface area contributed by atoms with Crippen LogP contribution in [0, 0.1) is 5.92 Å². The van der Waals surface area contributed by atoms with Crippen molar-refractivity contribution in [2.24, 2.45) is 5.92 Å². The number of likely N-dealkylation sites (tertiary alicyclic amines) is 2. The van der Waals surface area contributed by atoms with Crippen molar-refractivity contribution in [1.29, 1.82) is 0 Å². The summed E-state index contributed by atoms with van der Waals surface area (Å²) < 4.78 is 5.92. The second kappa shape index (κ2) is 7.23. The Morgan fingerprint density at radius 1 is 0.957 bits per heavy atom. The van der Waals surface area contributed by atoms with Gasteiger partial charge in [-0.25, -0.2) is 0 Å². The van der Waals surface area contributed by atoms with Crippen LogP contribution in [0.25, 0.3) is 0 Å². The third-order valence-electron chi connectivity index (χ3n) is 6.24. The van der Waals surface area contributed by atoms with Crippen molar-refractivity contribution in [3.63, 3.8) is 0 Å². The van der Waals surface area contributed by atoms with Gasteiger partial charge in [0.05, 0.1) is 0 Å². The van der Waals surface area contributed by atoms with E-state index >= 15 is 0 Å². The maximum absolute atomic E-state index is 5.92. The number of para-hydroxylation sites is 1. The average molecular weight is 314 g/mol. The molecule has 0 aromatic heterocycles. The number of ether oxygens (including phenoxy) is 1. The fourth-order valence-corrected chi connectivity index (χ4v) is 4.93. The van der Waals surface area contributed by atoms with Crippen molar-refractivity contribution < 1.29 is 4.74 Å². The van der Waals surface area contributed by atoms with Gasteiger partial charge in [-0.1, -0.05) is 31.0 Å². The van der Waals surface area contributed by atoms with Gasteiger partial charge in [0, 0.05) is 25.2 Å². The van der Waals surface area contributed by atoms with E-state index in [2.05, 4.69) is 21.9 Å². The van der Waals surface area contributed by atoms with E-state index < -0.39 is 0 Å². The summed E-state index contributed by atoms with van der Waals surface area (Å²) in [5.41, 5.74) is 0. The number of nitrogens with zero attached hydrogens (tertiary/aromatic N) is 2. The van der Waals surface area contributed by atoms with E-state index in [0.717, 1.165) is 36.9 Å². The molecule has 1 aliphatic carbocycles. The molecule has 1 saturated carbocycles. The molecule has 4 rings (SSSR count). The first-order valence-corrected chi connectivity index (χ1v) is 9.56. The van der Waals surface area contributed by atoms with Crippen LogP contribution < -0.4 is 4.74 Å². The zero-order valence-electron chi connectivity index (χ0n) is 14.2. The molecule has 0 amide bonds. The third-order valence-corrected chi connectivity index (χ3v) is 6.24. The number of hydrogen-bond acceptors (Lipinski definition) is 3. The topological polar surface area (TPSA) is 15.7 Å². The number of rotatable bonds is 5. The Morgan fingerprint density at radius 3 is 2.57 bits per heavy atom. The molecule has 126 valence electrons. The van der Waals surface area contributed by atoms with Gasteiger partial charge in [-0.3, -0.25) is 9.80 Å². The highest BCUT2D eigenvalue weighted by Gasteiger charge is 2.39. The van der Waals surface area contributed by atoms with Gasteiger partial charge >= 0.3 is 0 Å².